The molecule has 2 unspecified atom stereocenters. The van der Waals surface area contributed by atoms with Crippen molar-refractivity contribution in [3.8, 4) is 0 Å². The van der Waals surface area contributed by atoms with Crippen LogP contribution in [-0.4, -0.2) is 57.8 Å². The number of piperidine rings is 1. The molecule has 0 saturated carbocycles. The number of hydrogen-bond acceptors (Lipinski definition) is 3. The second kappa shape index (κ2) is 13.3. The van der Waals surface area contributed by atoms with Gasteiger partial charge in [0.25, 0.3) is 0 Å². The average molecular weight is 542 g/mol. The molecule has 0 aliphatic carbocycles. The molecule has 1 saturated heterocycles. The molecule has 0 spiro atoms. The molecule has 1 fully saturated rings. The van der Waals surface area contributed by atoms with Crippen molar-refractivity contribution in [1.29, 1.82) is 0 Å². The van der Waals surface area contributed by atoms with E-state index in [9.17, 15) is 9.90 Å². The number of aliphatic hydroxyl groups is 1. The normalized spacial score (nSPS) is 20.4. The molecule has 1 aliphatic rings. The Kier molecular flexibility index (Phi) is 13.0. The van der Waals surface area contributed by atoms with Crippen LogP contribution in [0.25, 0.3) is 0 Å². The van der Waals surface area contributed by atoms with Gasteiger partial charge in [-0.05, 0) is 44.9 Å². The third kappa shape index (κ3) is 9.48. The predicted octanol–water partition coefficient (Wildman–Crippen LogP) is 2.57. The molecule has 2 atom stereocenters. The number of likely N-dealkylation sites (tertiary alicyclic amines) is 1. The maximum absolute atomic E-state index is 12.2. The minimum Gasteiger partial charge on any atom is -1.00 e. The van der Waals surface area contributed by atoms with Crippen molar-refractivity contribution in [1.82, 2.24) is 4.90 Å². The average Bonchev–Trinajstić information content (AvgIpc) is 2.64. The molecule has 1 N–H and O–H groups in total. The zero-order valence-electron chi connectivity index (χ0n) is 18.4. The molecular weight excluding hydrogens is 513 g/mol. The van der Waals surface area contributed by atoms with E-state index in [1.54, 1.807) is 41.3 Å². The van der Waals surface area contributed by atoms with Gasteiger partial charge in [0.05, 0.1) is 5.60 Å². The number of halogens is 3. The number of benzene rings is 2. The monoisotopic (exact) mass is 539 g/mol. The maximum atomic E-state index is 12.2. The smallest absolute Gasteiger partial charge is 1.00 e. The van der Waals surface area contributed by atoms with E-state index in [2.05, 4.69) is 6.07 Å². The van der Waals surface area contributed by atoms with Crippen molar-refractivity contribution in [3.63, 3.8) is 0 Å². The molecule has 2 aromatic rings. The van der Waals surface area contributed by atoms with Gasteiger partial charge in [0.15, 0.2) is 0 Å². The van der Waals surface area contributed by atoms with E-state index in [1.807, 2.05) is 39.8 Å². The molecule has 1 amide bonds. The van der Waals surface area contributed by atoms with Gasteiger partial charge in [-0.1, -0.05) is 35.7 Å². The summed E-state index contributed by atoms with van der Waals surface area (Å²) in [5.74, 6) is -0.0880. The van der Waals surface area contributed by atoms with Crippen LogP contribution in [-0.2, 0) is 10.3 Å². The second-order valence-corrected chi connectivity index (χ2v) is 9.10. The van der Waals surface area contributed by atoms with Gasteiger partial charge in [0.2, 0.25) is 0 Å². The summed E-state index contributed by atoms with van der Waals surface area (Å²) in [6.07, 6.45) is 0.159. The summed E-state index contributed by atoms with van der Waals surface area (Å²) in [4.78, 5) is 13.8. The molecule has 1 heterocycles. The summed E-state index contributed by atoms with van der Waals surface area (Å²) in [7, 11) is 0. The van der Waals surface area contributed by atoms with Gasteiger partial charge < -0.3 is 31.7 Å². The molecule has 3 rings (SSSR count). The Labute approximate surface area is 222 Å². The van der Waals surface area contributed by atoms with Crippen molar-refractivity contribution in [3.05, 3.63) is 70.2 Å². The molecule has 166 valence electrons. The molecule has 31 heavy (non-hydrogen) atoms. The standard InChI is InChI=1S/C17H24ClNO3.C6H4Cl.BrH.Mg/c1-12-11-19(15(20)22-16(2,3)4)10-9-17(12,21)13-5-7-14(18)8-6-13;7-6-4-2-1-3-5-6;;/h5-8,12,21H,9-11H2,1-4H3;2-5H;1H;/q;-1;;+2/p-1. The molecule has 1 aliphatic heterocycles. The first-order chi connectivity index (χ1) is 13.5. The molecular formula is C23H28BrCl2MgNO3. The van der Waals surface area contributed by atoms with Crippen LogP contribution in [0.3, 0.4) is 0 Å². The topological polar surface area (TPSA) is 49.8 Å². The van der Waals surface area contributed by atoms with Gasteiger partial charge >= 0.3 is 29.1 Å². The van der Waals surface area contributed by atoms with Crippen LogP contribution in [0.2, 0.25) is 10.0 Å². The minimum absolute atomic E-state index is 0. The van der Waals surface area contributed by atoms with Crippen molar-refractivity contribution in [2.24, 2.45) is 5.92 Å². The molecule has 8 heteroatoms. The Balaban J connectivity index is 0.000000854. The number of carbonyl (C=O) groups excluding carboxylic acids is 1. The van der Waals surface area contributed by atoms with Crippen LogP contribution in [0.4, 0.5) is 4.79 Å². The summed E-state index contributed by atoms with van der Waals surface area (Å²) < 4.78 is 5.40. The molecule has 0 bridgehead atoms. The van der Waals surface area contributed by atoms with Crippen LogP contribution in [0.15, 0.2) is 48.5 Å². The summed E-state index contributed by atoms with van der Waals surface area (Å²) in [6, 6.07) is 17.3. The summed E-state index contributed by atoms with van der Waals surface area (Å²) >= 11 is 11.4. The van der Waals surface area contributed by atoms with Crippen molar-refractivity contribution in [2.75, 3.05) is 13.1 Å². The number of hydrogen-bond donors (Lipinski definition) is 1. The van der Waals surface area contributed by atoms with Gasteiger partial charge in [-0.3, -0.25) is 0 Å². The van der Waals surface area contributed by atoms with E-state index >= 15 is 0 Å². The fourth-order valence-electron chi connectivity index (χ4n) is 3.15. The fourth-order valence-corrected chi connectivity index (χ4v) is 3.40. The van der Waals surface area contributed by atoms with Gasteiger partial charge in [-0.25, -0.2) is 4.79 Å². The molecule has 0 radical (unpaired) electrons. The van der Waals surface area contributed by atoms with Crippen molar-refractivity contribution >= 4 is 52.3 Å². The van der Waals surface area contributed by atoms with Crippen molar-refractivity contribution < 1.29 is 31.6 Å². The quantitative estimate of drug-likeness (QED) is 0.446. The van der Waals surface area contributed by atoms with E-state index in [0.29, 0.717) is 24.5 Å². The number of nitrogens with zero attached hydrogens (tertiary/aromatic N) is 1. The first-order valence-corrected chi connectivity index (χ1v) is 10.3. The van der Waals surface area contributed by atoms with Gasteiger partial charge in [-0.15, -0.1) is 11.6 Å². The Hall–Kier alpha value is -0.504. The number of amides is 1. The third-order valence-corrected chi connectivity index (χ3v) is 5.25. The van der Waals surface area contributed by atoms with Crippen LogP contribution >= 0.6 is 23.2 Å². The Bertz CT molecular complexity index is 803. The van der Waals surface area contributed by atoms with E-state index < -0.39 is 11.2 Å². The van der Waals surface area contributed by atoms with Crippen LogP contribution in [0, 0.1) is 12.0 Å². The second-order valence-electron chi connectivity index (χ2n) is 8.23. The zero-order chi connectivity index (χ0) is 21.7. The van der Waals surface area contributed by atoms with Crippen LogP contribution in [0.1, 0.15) is 39.7 Å². The van der Waals surface area contributed by atoms with Gasteiger partial charge in [0.1, 0.15) is 5.60 Å². The Morgan fingerprint density at radius 1 is 1.13 bits per heavy atom. The zero-order valence-corrected chi connectivity index (χ0v) is 22.9. The molecule has 4 nitrogen and oxygen atoms in total. The molecule has 2 aromatic carbocycles. The van der Waals surface area contributed by atoms with Gasteiger partial charge in [-0.2, -0.15) is 30.3 Å². The third-order valence-electron chi connectivity index (χ3n) is 4.75. The largest absolute Gasteiger partial charge is 2.00 e. The van der Waals surface area contributed by atoms with E-state index in [4.69, 9.17) is 27.9 Å². The summed E-state index contributed by atoms with van der Waals surface area (Å²) in [6.45, 7) is 8.44. The van der Waals surface area contributed by atoms with E-state index in [1.165, 1.54) is 0 Å². The van der Waals surface area contributed by atoms with Crippen molar-refractivity contribution in [2.45, 2.75) is 45.3 Å². The molecule has 0 aromatic heterocycles. The van der Waals surface area contributed by atoms with E-state index in [0.717, 1.165) is 10.6 Å². The maximum Gasteiger partial charge on any atom is 2.00 e. The summed E-state index contributed by atoms with van der Waals surface area (Å²) in [5.41, 5.74) is -0.610. The number of carbonyl (C=O) groups is 1. The van der Waals surface area contributed by atoms with Crippen LogP contribution < -0.4 is 17.0 Å². The predicted molar refractivity (Wildman–Crippen MR) is 123 cm³/mol. The fraction of sp³-hybridized carbons (Fsp3) is 0.435. The van der Waals surface area contributed by atoms with E-state index in [-0.39, 0.29) is 52.0 Å². The number of ether oxygens (including phenoxy) is 1. The number of rotatable bonds is 1. The van der Waals surface area contributed by atoms with Gasteiger partial charge in [0, 0.05) is 24.0 Å². The SMILES string of the molecule is CC1CN(C(=O)OC(C)(C)C)CCC1(O)c1ccc(Cl)cc1.Clc1cc[c-]cc1.[Br-].[Mg+2]. The summed E-state index contributed by atoms with van der Waals surface area (Å²) in [5, 5.41) is 12.4. The Morgan fingerprint density at radius 3 is 2.06 bits per heavy atom. The first kappa shape index (κ1) is 30.5. The van der Waals surface area contributed by atoms with Crippen LogP contribution in [0.5, 0.6) is 0 Å². The Morgan fingerprint density at radius 2 is 1.65 bits per heavy atom. The minimum atomic E-state index is -0.941. The first-order valence-electron chi connectivity index (χ1n) is 9.59.